The Morgan fingerprint density at radius 2 is 1.41 bits per heavy atom. The molecule has 2 aromatic rings. The summed E-state index contributed by atoms with van der Waals surface area (Å²) in [5.74, 6) is -2.93. The Labute approximate surface area is 157 Å². The molecule has 27 heavy (non-hydrogen) atoms. The molecule has 0 bridgehead atoms. The van der Waals surface area contributed by atoms with Crippen molar-refractivity contribution in [3.63, 3.8) is 0 Å². The summed E-state index contributed by atoms with van der Waals surface area (Å²) in [6.07, 6.45) is 0.668. The molecular formula is C21H22F2N2O2. The highest BCUT2D eigenvalue weighted by atomic mass is 19.1. The van der Waals surface area contributed by atoms with Gasteiger partial charge in [0.05, 0.1) is 0 Å². The summed E-state index contributed by atoms with van der Waals surface area (Å²) in [4.78, 5) is 25.1. The highest BCUT2D eigenvalue weighted by Gasteiger charge is 2.56. The van der Waals surface area contributed by atoms with Crippen molar-refractivity contribution < 1.29 is 18.4 Å². The van der Waals surface area contributed by atoms with Gasteiger partial charge in [-0.25, -0.2) is 8.78 Å². The number of para-hydroxylation sites is 1. The molecule has 0 heterocycles. The molecule has 1 fully saturated rings. The van der Waals surface area contributed by atoms with Gasteiger partial charge in [0.25, 0.3) is 0 Å². The number of carbonyl (C=O) groups is 2. The first kappa shape index (κ1) is 19.0. The Morgan fingerprint density at radius 3 is 1.89 bits per heavy atom. The van der Waals surface area contributed by atoms with Gasteiger partial charge in [0.15, 0.2) is 0 Å². The first-order valence-electron chi connectivity index (χ1n) is 8.81. The van der Waals surface area contributed by atoms with Gasteiger partial charge >= 0.3 is 0 Å². The van der Waals surface area contributed by atoms with Crippen LogP contribution >= 0.6 is 0 Å². The Balaban J connectivity index is 1.72. The molecule has 3 rings (SSSR count). The lowest BCUT2D eigenvalue weighted by molar-refractivity contribution is -0.131. The molecule has 0 aromatic heterocycles. The number of nitrogens with one attached hydrogen (secondary N) is 2. The van der Waals surface area contributed by atoms with Crippen LogP contribution in [0.5, 0.6) is 0 Å². The standard InChI is InChI=1S/C21H22F2N2O2/c1-20(2,3)13-7-9-14(10-8-13)24-18(26)21(11-12-21)19(27)25-17-15(22)5-4-6-16(17)23/h4-10H,11-12H2,1-3H3,(H,24,26)(H,25,27). The van der Waals surface area contributed by atoms with Crippen molar-refractivity contribution in [2.45, 2.75) is 39.0 Å². The number of halogens is 2. The van der Waals surface area contributed by atoms with Crippen LogP contribution in [0.4, 0.5) is 20.2 Å². The minimum Gasteiger partial charge on any atom is -0.325 e. The van der Waals surface area contributed by atoms with Crippen LogP contribution in [0.3, 0.4) is 0 Å². The summed E-state index contributed by atoms with van der Waals surface area (Å²) in [6.45, 7) is 6.27. The molecule has 0 atom stereocenters. The van der Waals surface area contributed by atoms with E-state index < -0.39 is 34.6 Å². The quantitative estimate of drug-likeness (QED) is 0.770. The minimum absolute atomic E-state index is 0.00995. The van der Waals surface area contributed by atoms with Gasteiger partial charge in [-0.05, 0) is 48.1 Å². The number of anilines is 2. The molecule has 4 nitrogen and oxygen atoms in total. The van der Waals surface area contributed by atoms with Gasteiger partial charge in [-0.1, -0.05) is 39.0 Å². The van der Waals surface area contributed by atoms with Gasteiger partial charge < -0.3 is 10.6 Å². The summed E-state index contributed by atoms with van der Waals surface area (Å²) in [5, 5.41) is 4.96. The third kappa shape index (κ3) is 3.84. The monoisotopic (exact) mass is 372 g/mol. The lowest BCUT2D eigenvalue weighted by Crippen LogP contribution is -2.36. The highest BCUT2D eigenvalue weighted by molar-refractivity contribution is 6.16. The average molecular weight is 372 g/mol. The zero-order valence-corrected chi connectivity index (χ0v) is 15.5. The maximum atomic E-state index is 13.7. The van der Waals surface area contributed by atoms with Gasteiger partial charge in [0.1, 0.15) is 22.7 Å². The fraction of sp³-hybridized carbons (Fsp3) is 0.333. The molecule has 1 aliphatic rings. The molecule has 0 radical (unpaired) electrons. The van der Waals surface area contributed by atoms with Crippen molar-refractivity contribution in [2.75, 3.05) is 10.6 Å². The van der Waals surface area contributed by atoms with Gasteiger partial charge in [-0.3, -0.25) is 9.59 Å². The normalized spacial score (nSPS) is 15.1. The van der Waals surface area contributed by atoms with E-state index in [9.17, 15) is 18.4 Å². The molecule has 2 N–H and O–H groups in total. The molecule has 1 aliphatic carbocycles. The van der Waals surface area contributed by atoms with Crippen molar-refractivity contribution in [3.8, 4) is 0 Å². The largest absolute Gasteiger partial charge is 0.325 e. The maximum Gasteiger partial charge on any atom is 0.240 e. The Bertz CT molecular complexity index is 862. The summed E-state index contributed by atoms with van der Waals surface area (Å²) in [6, 6.07) is 10.7. The van der Waals surface area contributed by atoms with E-state index in [1.165, 1.54) is 6.07 Å². The van der Waals surface area contributed by atoms with Crippen LogP contribution in [0, 0.1) is 17.0 Å². The summed E-state index contributed by atoms with van der Waals surface area (Å²) < 4.78 is 27.5. The van der Waals surface area contributed by atoms with Crippen LogP contribution in [0.25, 0.3) is 0 Å². The summed E-state index contributed by atoms with van der Waals surface area (Å²) >= 11 is 0. The summed E-state index contributed by atoms with van der Waals surface area (Å²) in [5.41, 5.74) is -0.142. The molecular weight excluding hydrogens is 350 g/mol. The maximum absolute atomic E-state index is 13.7. The van der Waals surface area contributed by atoms with E-state index in [0.29, 0.717) is 18.5 Å². The molecule has 0 saturated heterocycles. The predicted molar refractivity (Wildman–Crippen MR) is 100 cm³/mol. The van der Waals surface area contributed by atoms with Gasteiger partial charge in [-0.15, -0.1) is 0 Å². The number of rotatable bonds is 4. The second kappa shape index (κ2) is 6.76. The van der Waals surface area contributed by atoms with Gasteiger partial charge in [-0.2, -0.15) is 0 Å². The molecule has 1 saturated carbocycles. The minimum atomic E-state index is -1.29. The van der Waals surface area contributed by atoms with Crippen LogP contribution in [-0.2, 0) is 15.0 Å². The van der Waals surface area contributed by atoms with Crippen molar-refractivity contribution >= 4 is 23.2 Å². The first-order chi connectivity index (χ1) is 12.6. The first-order valence-corrected chi connectivity index (χ1v) is 8.81. The summed E-state index contributed by atoms with van der Waals surface area (Å²) in [7, 11) is 0. The van der Waals surface area contributed by atoms with E-state index in [1.807, 2.05) is 12.1 Å². The van der Waals surface area contributed by atoms with Crippen LogP contribution < -0.4 is 10.6 Å². The van der Waals surface area contributed by atoms with E-state index in [4.69, 9.17) is 0 Å². The Kier molecular flexibility index (Phi) is 4.76. The predicted octanol–water partition coefficient (Wildman–Crippen LogP) is 4.62. The SMILES string of the molecule is CC(C)(C)c1ccc(NC(=O)C2(C(=O)Nc3c(F)cccc3F)CC2)cc1. The average Bonchev–Trinajstić information content (AvgIpc) is 3.40. The third-order valence-electron chi connectivity index (χ3n) is 4.83. The number of benzene rings is 2. The lowest BCUT2D eigenvalue weighted by Gasteiger charge is -2.20. The molecule has 0 spiro atoms. The third-order valence-corrected chi connectivity index (χ3v) is 4.83. The van der Waals surface area contributed by atoms with E-state index in [0.717, 1.165) is 17.7 Å². The van der Waals surface area contributed by atoms with Crippen molar-refractivity contribution in [1.29, 1.82) is 0 Å². The number of carbonyl (C=O) groups excluding carboxylic acids is 2. The second-order valence-corrected chi connectivity index (χ2v) is 7.91. The van der Waals surface area contributed by atoms with E-state index >= 15 is 0 Å². The molecule has 0 unspecified atom stereocenters. The molecule has 2 amide bonds. The zero-order chi connectivity index (χ0) is 19.8. The van der Waals surface area contributed by atoms with Crippen LogP contribution in [-0.4, -0.2) is 11.8 Å². The number of amides is 2. The molecule has 2 aromatic carbocycles. The highest BCUT2D eigenvalue weighted by Crippen LogP contribution is 2.47. The fourth-order valence-electron chi connectivity index (χ4n) is 2.84. The Hall–Kier alpha value is -2.76. The van der Waals surface area contributed by atoms with Crippen LogP contribution in [0.2, 0.25) is 0 Å². The Morgan fingerprint density at radius 1 is 0.889 bits per heavy atom. The van der Waals surface area contributed by atoms with Crippen molar-refractivity contribution in [3.05, 3.63) is 59.7 Å². The second-order valence-electron chi connectivity index (χ2n) is 7.91. The number of hydrogen-bond acceptors (Lipinski definition) is 2. The topological polar surface area (TPSA) is 58.2 Å². The van der Waals surface area contributed by atoms with E-state index in [1.54, 1.807) is 12.1 Å². The van der Waals surface area contributed by atoms with Gasteiger partial charge in [0, 0.05) is 5.69 Å². The van der Waals surface area contributed by atoms with Crippen molar-refractivity contribution in [1.82, 2.24) is 0 Å². The van der Waals surface area contributed by atoms with Crippen LogP contribution in [0.15, 0.2) is 42.5 Å². The van der Waals surface area contributed by atoms with Crippen molar-refractivity contribution in [2.24, 2.45) is 5.41 Å². The van der Waals surface area contributed by atoms with Gasteiger partial charge in [0.2, 0.25) is 11.8 Å². The van der Waals surface area contributed by atoms with Crippen LogP contribution in [0.1, 0.15) is 39.2 Å². The smallest absolute Gasteiger partial charge is 0.240 e. The molecule has 0 aliphatic heterocycles. The number of hydrogen-bond donors (Lipinski definition) is 2. The lowest BCUT2D eigenvalue weighted by atomic mass is 9.87. The van der Waals surface area contributed by atoms with E-state index in [2.05, 4.69) is 31.4 Å². The molecule has 6 heteroatoms. The van der Waals surface area contributed by atoms with E-state index in [-0.39, 0.29) is 5.41 Å². The molecule has 142 valence electrons. The fourth-order valence-corrected chi connectivity index (χ4v) is 2.84. The zero-order valence-electron chi connectivity index (χ0n) is 15.5.